The number of benzene rings is 13. The maximum atomic E-state index is 6.81. The summed E-state index contributed by atoms with van der Waals surface area (Å²) < 4.78 is 6.81. The van der Waals surface area contributed by atoms with Crippen molar-refractivity contribution in [3.8, 4) is 56.0 Å². The molecule has 18 rings (SSSR count). The molecule has 13 aromatic carbocycles. The number of anilines is 3. The van der Waals surface area contributed by atoms with Crippen molar-refractivity contribution in [1.82, 2.24) is 0 Å². The number of rotatable bonds is 6. The lowest BCUT2D eigenvalue weighted by Gasteiger charge is -2.40. The molecular weight excluding hydrogens is 1030 g/mol. The van der Waals surface area contributed by atoms with E-state index in [4.69, 9.17) is 4.74 Å². The molecule has 392 valence electrons. The van der Waals surface area contributed by atoms with Gasteiger partial charge in [-0.25, -0.2) is 0 Å². The highest BCUT2D eigenvalue weighted by molar-refractivity contribution is 7.99. The minimum atomic E-state index is -0.634. The van der Waals surface area contributed by atoms with E-state index >= 15 is 0 Å². The molecule has 0 bridgehead atoms. The first-order valence-corrected chi connectivity index (χ1v) is 30.0. The summed E-state index contributed by atoms with van der Waals surface area (Å²) in [5, 5.41) is 0. The van der Waals surface area contributed by atoms with Gasteiger partial charge >= 0.3 is 0 Å². The van der Waals surface area contributed by atoms with Crippen LogP contribution in [0.5, 0.6) is 11.5 Å². The van der Waals surface area contributed by atoms with E-state index < -0.39 is 16.2 Å². The van der Waals surface area contributed by atoms with Crippen LogP contribution in [0.2, 0.25) is 0 Å². The molecule has 0 N–H and O–H groups in total. The molecule has 0 unspecified atom stereocenters. The number of nitrogens with zero attached hydrogens (tertiary/aromatic N) is 1. The van der Waals surface area contributed by atoms with Crippen LogP contribution in [0.3, 0.4) is 0 Å². The van der Waals surface area contributed by atoms with Crippen LogP contribution in [0.4, 0.5) is 17.1 Å². The largest absolute Gasteiger partial charge is 0.457 e. The molecule has 84 heavy (non-hydrogen) atoms. The second kappa shape index (κ2) is 17.9. The van der Waals surface area contributed by atoms with Gasteiger partial charge in [-0.05, 0) is 161 Å². The third-order valence-corrected chi connectivity index (χ3v) is 20.2. The fourth-order valence-corrected chi connectivity index (χ4v) is 17.1. The summed E-state index contributed by atoms with van der Waals surface area (Å²) in [4.78, 5) is 5.10. The molecule has 2 spiro atoms. The first-order valence-electron chi connectivity index (χ1n) is 29.1. The fraction of sp³-hybridized carbons (Fsp3) is 0.0370. The van der Waals surface area contributed by atoms with E-state index in [2.05, 4.69) is 314 Å². The summed E-state index contributed by atoms with van der Waals surface area (Å²) in [7, 11) is 0. The second-order valence-corrected chi connectivity index (χ2v) is 24.0. The summed E-state index contributed by atoms with van der Waals surface area (Å²) >= 11 is 1.89. The Hall–Kier alpha value is -10.2. The summed E-state index contributed by atoms with van der Waals surface area (Å²) in [5.74, 6) is 1.76. The Morgan fingerprint density at radius 3 is 1.29 bits per heavy atom. The van der Waals surface area contributed by atoms with Gasteiger partial charge in [-0.1, -0.05) is 260 Å². The zero-order valence-corrected chi connectivity index (χ0v) is 46.5. The SMILES string of the molecule is c1ccc(C2(c3ccccc3)c3ccccc3-c3c(-c4ccc(N(c5ccc6c(c5)-c5ccccc5C65c6ccccc6Sc6ccccc65)c5ccc6c(c5)C5(c7ccccc7Oc7ccccc75)c5ccccc5-6)cc4)cccc32)cc1. The molecule has 0 amide bonds. The molecule has 0 fully saturated rings. The van der Waals surface area contributed by atoms with Crippen molar-refractivity contribution in [2.75, 3.05) is 4.90 Å². The lowest BCUT2D eigenvalue weighted by atomic mass is 9.66. The summed E-state index contributed by atoms with van der Waals surface area (Å²) in [6.45, 7) is 0. The fourth-order valence-electron chi connectivity index (χ4n) is 15.9. The van der Waals surface area contributed by atoms with Crippen LogP contribution in [0.15, 0.2) is 319 Å². The summed E-state index contributed by atoms with van der Waals surface area (Å²) in [6.07, 6.45) is 0. The van der Waals surface area contributed by atoms with Gasteiger partial charge in [0.2, 0.25) is 0 Å². The molecule has 3 heteroatoms. The molecule has 0 radical (unpaired) electrons. The van der Waals surface area contributed by atoms with Crippen LogP contribution in [0, 0.1) is 0 Å². The number of para-hydroxylation sites is 2. The Kier molecular flexibility index (Phi) is 10.1. The van der Waals surface area contributed by atoms with E-state index in [0.29, 0.717) is 0 Å². The maximum absolute atomic E-state index is 6.81. The zero-order chi connectivity index (χ0) is 55.1. The Labute approximate surface area is 493 Å². The van der Waals surface area contributed by atoms with Gasteiger partial charge in [0.1, 0.15) is 11.5 Å². The van der Waals surface area contributed by atoms with Gasteiger partial charge in [0.05, 0.1) is 16.2 Å². The van der Waals surface area contributed by atoms with Crippen molar-refractivity contribution in [3.05, 3.63) is 376 Å². The molecule has 0 saturated heterocycles. The third-order valence-electron chi connectivity index (χ3n) is 19.1. The Bertz CT molecular complexity index is 4740. The number of fused-ring (bicyclic) bond motifs is 21. The molecule has 0 atom stereocenters. The molecule has 5 aliphatic rings. The van der Waals surface area contributed by atoms with Crippen LogP contribution in [0.25, 0.3) is 44.5 Å². The normalized spacial score (nSPS) is 14.8. The van der Waals surface area contributed by atoms with Crippen LogP contribution in [-0.4, -0.2) is 0 Å². The van der Waals surface area contributed by atoms with Crippen LogP contribution in [-0.2, 0) is 16.2 Å². The Morgan fingerprint density at radius 2 is 0.667 bits per heavy atom. The molecule has 3 aliphatic carbocycles. The van der Waals surface area contributed by atoms with Gasteiger partial charge < -0.3 is 9.64 Å². The van der Waals surface area contributed by atoms with Crippen molar-refractivity contribution >= 4 is 28.8 Å². The van der Waals surface area contributed by atoms with Gasteiger partial charge in [0.15, 0.2) is 0 Å². The first kappa shape index (κ1) is 47.4. The predicted molar refractivity (Wildman–Crippen MR) is 343 cm³/mol. The van der Waals surface area contributed by atoms with Crippen molar-refractivity contribution in [3.63, 3.8) is 0 Å². The van der Waals surface area contributed by atoms with Gasteiger partial charge in [-0.3, -0.25) is 0 Å². The van der Waals surface area contributed by atoms with Crippen LogP contribution < -0.4 is 9.64 Å². The predicted octanol–water partition coefficient (Wildman–Crippen LogP) is 20.5. The standard InChI is InChI=1S/C81H51NOS/c1-3-22-53(23-4-1)79(54-24-5-2-6-25-54)66-32-12-9-28-62(66)78-58(29-21-37-72(78)79)52-42-44-55(45-43-52)82(56-47-49-67-63(50-56)60-27-8-11-31-65(60)80(67)70-35-15-19-40-76(70)84-77-41-20-16-36-71(77)80)57-46-48-61-59-26-7-10-30-64(59)81(73(61)51-57)68-33-13-17-38-74(68)83-75-39-18-14-34-69(75)81/h1-51H. The van der Waals surface area contributed by atoms with Crippen molar-refractivity contribution in [2.24, 2.45) is 0 Å². The van der Waals surface area contributed by atoms with E-state index in [0.717, 1.165) is 39.7 Å². The average molecular weight is 1090 g/mol. The second-order valence-electron chi connectivity index (χ2n) is 22.9. The molecule has 0 saturated carbocycles. The van der Waals surface area contributed by atoms with Gasteiger partial charge in [0, 0.05) is 38.0 Å². The van der Waals surface area contributed by atoms with E-state index in [-0.39, 0.29) is 0 Å². The summed E-state index contributed by atoms with van der Waals surface area (Å²) in [5.41, 5.74) is 26.7. The van der Waals surface area contributed by atoms with E-state index in [9.17, 15) is 0 Å². The quantitative estimate of drug-likeness (QED) is 0.165. The Balaban J connectivity index is 0.864. The van der Waals surface area contributed by atoms with Crippen molar-refractivity contribution in [1.29, 1.82) is 0 Å². The molecule has 2 heterocycles. The molecule has 2 aliphatic heterocycles. The van der Waals surface area contributed by atoms with Crippen LogP contribution in [0.1, 0.15) is 66.8 Å². The molecular formula is C81H51NOS. The number of hydrogen-bond acceptors (Lipinski definition) is 3. The maximum Gasteiger partial charge on any atom is 0.132 e. The Morgan fingerprint density at radius 1 is 0.250 bits per heavy atom. The minimum Gasteiger partial charge on any atom is -0.457 e. The average Bonchev–Trinajstić information content (AvgIpc) is 2.38. The van der Waals surface area contributed by atoms with Gasteiger partial charge in [0.25, 0.3) is 0 Å². The third kappa shape index (κ3) is 6.21. The highest BCUT2D eigenvalue weighted by Gasteiger charge is 2.53. The zero-order valence-electron chi connectivity index (χ0n) is 45.7. The number of ether oxygens (including phenoxy) is 1. The van der Waals surface area contributed by atoms with Gasteiger partial charge in [-0.2, -0.15) is 0 Å². The monoisotopic (exact) mass is 1090 g/mol. The molecule has 2 nitrogen and oxygen atoms in total. The van der Waals surface area contributed by atoms with Crippen molar-refractivity contribution < 1.29 is 4.74 Å². The highest BCUT2D eigenvalue weighted by Crippen LogP contribution is 2.65. The van der Waals surface area contributed by atoms with Crippen LogP contribution >= 0.6 is 11.8 Å². The van der Waals surface area contributed by atoms with E-state index in [1.54, 1.807) is 0 Å². The highest BCUT2D eigenvalue weighted by atomic mass is 32.2. The van der Waals surface area contributed by atoms with E-state index in [1.165, 1.54) is 110 Å². The lowest BCUT2D eigenvalue weighted by Crippen LogP contribution is -2.32. The topological polar surface area (TPSA) is 12.5 Å². The molecule has 13 aromatic rings. The van der Waals surface area contributed by atoms with E-state index in [1.807, 2.05) is 11.8 Å². The minimum absolute atomic E-state index is 0.488. The smallest absolute Gasteiger partial charge is 0.132 e. The summed E-state index contributed by atoms with van der Waals surface area (Å²) in [6, 6.07) is 116. The number of hydrogen-bond donors (Lipinski definition) is 0. The lowest BCUT2D eigenvalue weighted by molar-refractivity contribution is 0.436. The van der Waals surface area contributed by atoms with Crippen molar-refractivity contribution in [2.45, 2.75) is 26.0 Å². The van der Waals surface area contributed by atoms with Gasteiger partial charge in [-0.15, -0.1) is 0 Å². The first-order chi connectivity index (χ1) is 41.7. The molecule has 0 aromatic heterocycles.